The lowest BCUT2D eigenvalue weighted by molar-refractivity contribution is -0.117. The largest absolute Gasteiger partial charge is 0.488 e. The first-order valence-electron chi connectivity index (χ1n) is 11.8. The summed E-state index contributed by atoms with van der Waals surface area (Å²) in [6, 6.07) is 14.9. The molecule has 4 heterocycles. The number of aromatic nitrogens is 2. The Morgan fingerprint density at radius 3 is 1.97 bits per heavy atom. The molecule has 1 saturated carbocycles. The van der Waals surface area contributed by atoms with Gasteiger partial charge in [-0.3, -0.25) is 4.79 Å². The van der Waals surface area contributed by atoms with E-state index in [2.05, 4.69) is 15.3 Å². The molecule has 7 nitrogen and oxygen atoms in total. The molecule has 0 bridgehead atoms. The van der Waals surface area contributed by atoms with Crippen LogP contribution in [0.4, 0.5) is 11.6 Å². The molecule has 2 aromatic carbocycles. The zero-order valence-electron chi connectivity index (χ0n) is 19.6. The van der Waals surface area contributed by atoms with Crippen molar-refractivity contribution in [2.45, 2.75) is 26.1 Å². The van der Waals surface area contributed by atoms with Gasteiger partial charge in [-0.05, 0) is 72.5 Å². The van der Waals surface area contributed by atoms with Crippen LogP contribution in [-0.4, -0.2) is 15.9 Å². The Kier molecular flexibility index (Phi) is 6.10. The first-order chi connectivity index (χ1) is 17.9. The maximum absolute atomic E-state index is 11.8. The van der Waals surface area contributed by atoms with Crippen LogP contribution in [0.1, 0.15) is 24.0 Å². The van der Waals surface area contributed by atoms with Gasteiger partial charge in [0.2, 0.25) is 5.91 Å². The van der Waals surface area contributed by atoms with E-state index in [9.17, 15) is 4.79 Å². The topological polar surface area (TPSA) is 99.4 Å². The van der Waals surface area contributed by atoms with Crippen molar-refractivity contribution in [2.24, 2.45) is 5.92 Å². The normalized spacial score (nSPS) is 14.3. The number of nitrogens with zero attached hydrogens (tertiary/aromatic N) is 2. The highest BCUT2D eigenvalue weighted by atomic mass is 35.5. The van der Waals surface area contributed by atoms with Gasteiger partial charge in [-0.2, -0.15) is 0 Å². The minimum absolute atomic E-state index is 0.0610. The third kappa shape index (κ3) is 4.92. The molecule has 0 unspecified atom stereocenters. The molecule has 1 aliphatic carbocycles. The molecule has 186 valence electrons. The lowest BCUT2D eigenvalue weighted by atomic mass is 9.99. The molecule has 2 aromatic heterocycles. The first-order valence-corrected chi connectivity index (χ1v) is 12.6. The van der Waals surface area contributed by atoms with Crippen LogP contribution in [0.25, 0.3) is 22.3 Å². The van der Waals surface area contributed by atoms with Crippen LogP contribution in [0, 0.1) is 5.92 Å². The average molecular weight is 533 g/mol. The van der Waals surface area contributed by atoms with Gasteiger partial charge in [0.25, 0.3) is 0 Å². The highest BCUT2D eigenvalue weighted by molar-refractivity contribution is 6.31. The summed E-state index contributed by atoms with van der Waals surface area (Å²) in [6.45, 7) is 0.975. The molecular formula is C28H22Cl2N4O3. The molecule has 7 rings (SSSR count). The second-order valence-electron chi connectivity index (χ2n) is 9.11. The van der Waals surface area contributed by atoms with Crippen LogP contribution in [0.3, 0.4) is 0 Å². The smallest absolute Gasteiger partial charge is 0.228 e. The van der Waals surface area contributed by atoms with Crippen molar-refractivity contribution in [3.8, 4) is 33.8 Å². The standard InChI is InChI=1S/C16H13ClN2O2.C12H9ClN2O/c17-11-3-4-12-13-6-15(19-16(20)9-1-2-9)18-7-10(13)8-21-14(12)5-11;13-8-1-2-9-10-4-12(14)15-5-7(10)6-16-11(9)3-8/h3-7,9H,1-2,8H2,(H,18,19,20);1-5H,6H2,(H2,14,15). The number of nitrogen functional groups attached to an aromatic ring is 1. The molecule has 3 aliphatic rings. The lowest BCUT2D eigenvalue weighted by Gasteiger charge is -2.21. The van der Waals surface area contributed by atoms with Gasteiger partial charge in [-0.15, -0.1) is 0 Å². The number of anilines is 2. The van der Waals surface area contributed by atoms with Crippen LogP contribution >= 0.6 is 23.2 Å². The third-order valence-electron chi connectivity index (χ3n) is 6.43. The van der Waals surface area contributed by atoms with Crippen molar-refractivity contribution >= 4 is 40.7 Å². The Hall–Kier alpha value is -3.81. The minimum Gasteiger partial charge on any atom is -0.488 e. The first kappa shape index (κ1) is 23.6. The van der Waals surface area contributed by atoms with E-state index in [1.807, 2.05) is 48.5 Å². The van der Waals surface area contributed by atoms with E-state index in [4.69, 9.17) is 38.4 Å². The molecule has 2 aliphatic heterocycles. The number of ether oxygens (including phenoxy) is 2. The van der Waals surface area contributed by atoms with E-state index in [-0.39, 0.29) is 11.8 Å². The molecule has 1 fully saturated rings. The number of hydrogen-bond acceptors (Lipinski definition) is 6. The van der Waals surface area contributed by atoms with Crippen LogP contribution in [0.2, 0.25) is 10.0 Å². The van der Waals surface area contributed by atoms with Gasteiger partial charge in [-0.1, -0.05) is 23.2 Å². The van der Waals surface area contributed by atoms with E-state index < -0.39 is 0 Å². The second-order valence-corrected chi connectivity index (χ2v) is 9.99. The number of nitrogens with one attached hydrogen (secondary N) is 1. The summed E-state index contributed by atoms with van der Waals surface area (Å²) in [7, 11) is 0. The van der Waals surface area contributed by atoms with Crippen molar-refractivity contribution in [1.29, 1.82) is 0 Å². The monoisotopic (exact) mass is 532 g/mol. The van der Waals surface area contributed by atoms with E-state index >= 15 is 0 Å². The van der Waals surface area contributed by atoms with Gasteiger partial charge in [0.05, 0.1) is 0 Å². The summed E-state index contributed by atoms with van der Waals surface area (Å²) in [5.74, 6) is 2.89. The number of hydrogen-bond donors (Lipinski definition) is 2. The highest BCUT2D eigenvalue weighted by Gasteiger charge is 2.30. The predicted molar refractivity (Wildman–Crippen MR) is 144 cm³/mol. The Labute approximate surface area is 223 Å². The van der Waals surface area contributed by atoms with Gasteiger partial charge in [0.15, 0.2) is 0 Å². The zero-order chi connectivity index (χ0) is 25.5. The summed E-state index contributed by atoms with van der Waals surface area (Å²) < 4.78 is 11.3. The van der Waals surface area contributed by atoms with Crippen molar-refractivity contribution in [2.75, 3.05) is 11.1 Å². The van der Waals surface area contributed by atoms with Crippen molar-refractivity contribution in [3.63, 3.8) is 0 Å². The third-order valence-corrected chi connectivity index (χ3v) is 6.90. The van der Waals surface area contributed by atoms with Gasteiger partial charge >= 0.3 is 0 Å². The summed E-state index contributed by atoms with van der Waals surface area (Å²) >= 11 is 11.9. The van der Waals surface area contributed by atoms with Crippen LogP contribution in [0.15, 0.2) is 60.9 Å². The number of halogens is 2. The van der Waals surface area contributed by atoms with Gasteiger partial charge in [0.1, 0.15) is 36.3 Å². The van der Waals surface area contributed by atoms with Gasteiger partial charge in [-0.25, -0.2) is 9.97 Å². The predicted octanol–water partition coefficient (Wildman–Crippen LogP) is 6.52. The number of pyridine rings is 2. The molecule has 3 N–H and O–H groups in total. The number of carbonyl (C=O) groups is 1. The molecule has 9 heteroatoms. The van der Waals surface area contributed by atoms with E-state index in [0.717, 1.165) is 57.7 Å². The lowest BCUT2D eigenvalue weighted by Crippen LogP contribution is -2.15. The quantitative estimate of drug-likeness (QED) is 0.304. The van der Waals surface area contributed by atoms with Crippen LogP contribution in [0.5, 0.6) is 11.5 Å². The molecule has 0 spiro atoms. The Morgan fingerprint density at radius 1 is 0.811 bits per heavy atom. The average Bonchev–Trinajstić information content (AvgIpc) is 3.74. The number of carbonyl (C=O) groups excluding carboxylic acids is 1. The second kappa shape index (κ2) is 9.57. The molecule has 1 amide bonds. The van der Waals surface area contributed by atoms with Crippen molar-refractivity contribution in [1.82, 2.24) is 9.97 Å². The van der Waals surface area contributed by atoms with Crippen LogP contribution in [-0.2, 0) is 18.0 Å². The molecule has 0 atom stereocenters. The van der Waals surface area contributed by atoms with E-state index in [1.54, 1.807) is 12.4 Å². The fraction of sp³-hybridized carbons (Fsp3) is 0.179. The van der Waals surface area contributed by atoms with Crippen LogP contribution < -0.4 is 20.5 Å². The highest BCUT2D eigenvalue weighted by Crippen LogP contribution is 2.40. The summed E-state index contributed by atoms with van der Waals surface area (Å²) in [5.41, 5.74) is 11.8. The number of fused-ring (bicyclic) bond motifs is 6. The molecule has 37 heavy (non-hydrogen) atoms. The van der Waals surface area contributed by atoms with Crippen molar-refractivity contribution < 1.29 is 14.3 Å². The number of nitrogens with two attached hydrogens (primary N) is 1. The summed E-state index contributed by atoms with van der Waals surface area (Å²) in [5, 5.41) is 4.20. The number of rotatable bonds is 2. The summed E-state index contributed by atoms with van der Waals surface area (Å²) in [6.07, 6.45) is 5.47. The maximum Gasteiger partial charge on any atom is 0.228 e. The van der Waals surface area contributed by atoms with E-state index in [1.165, 1.54) is 0 Å². The van der Waals surface area contributed by atoms with Crippen molar-refractivity contribution in [3.05, 3.63) is 82.1 Å². The Bertz CT molecular complexity index is 1540. The fourth-order valence-corrected chi connectivity index (χ4v) is 4.67. The van der Waals surface area contributed by atoms with Gasteiger partial charge < -0.3 is 20.5 Å². The number of amides is 1. The van der Waals surface area contributed by atoms with E-state index in [0.29, 0.717) is 34.9 Å². The Morgan fingerprint density at radius 2 is 1.38 bits per heavy atom. The van der Waals surface area contributed by atoms with Gasteiger partial charge in [0, 0.05) is 50.6 Å². The fourth-order valence-electron chi connectivity index (χ4n) is 4.34. The minimum atomic E-state index is 0.0610. The molecule has 4 aromatic rings. The zero-order valence-corrected chi connectivity index (χ0v) is 21.1. The molecule has 0 saturated heterocycles. The Balaban J connectivity index is 0.000000141. The SMILES string of the molecule is Nc1cc2c(cn1)COc1cc(Cl)ccc1-2.O=C(Nc1cc2c(cn1)COc1cc(Cl)ccc1-2)C1CC1. The molecular weight excluding hydrogens is 511 g/mol. The maximum atomic E-state index is 11.8. The number of benzene rings is 2. The summed E-state index contributed by atoms with van der Waals surface area (Å²) in [4.78, 5) is 20.2. The molecule has 0 radical (unpaired) electrons.